The highest BCUT2D eigenvalue weighted by Crippen LogP contribution is 2.32. The molecule has 2 aromatic heterocycles. The monoisotopic (exact) mass is 271 g/mol. The van der Waals surface area contributed by atoms with Crippen LogP contribution in [-0.4, -0.2) is 9.97 Å². The lowest BCUT2D eigenvalue weighted by molar-refractivity contribution is 1.29. The van der Waals surface area contributed by atoms with Crippen LogP contribution < -0.4 is 5.73 Å². The topological polar surface area (TPSA) is 51.8 Å². The summed E-state index contributed by atoms with van der Waals surface area (Å²) in [5, 5.41) is 0. The zero-order valence-corrected chi connectivity index (χ0v) is 11.3. The van der Waals surface area contributed by atoms with Gasteiger partial charge in [-0.25, -0.2) is 4.98 Å². The first-order chi connectivity index (χ1) is 10.3. The van der Waals surface area contributed by atoms with Gasteiger partial charge in [-0.1, -0.05) is 42.3 Å². The summed E-state index contributed by atoms with van der Waals surface area (Å²) in [7, 11) is 0. The molecule has 0 atom stereocenters. The normalized spacial score (nSPS) is 10.0. The molecule has 0 aliphatic heterocycles. The van der Waals surface area contributed by atoms with Crippen molar-refractivity contribution in [2.45, 2.75) is 0 Å². The molecule has 100 valence electrons. The van der Waals surface area contributed by atoms with Crippen LogP contribution in [0.4, 0.5) is 5.82 Å². The van der Waals surface area contributed by atoms with Crippen molar-refractivity contribution in [1.29, 1.82) is 0 Å². The predicted molar refractivity (Wildman–Crippen MR) is 85.3 cm³/mol. The first kappa shape index (κ1) is 12.9. The zero-order chi connectivity index (χ0) is 14.7. The number of terminal acetylenes is 1. The van der Waals surface area contributed by atoms with Crippen LogP contribution in [0.3, 0.4) is 0 Å². The summed E-state index contributed by atoms with van der Waals surface area (Å²) in [5.74, 6) is 2.94. The molecule has 2 heterocycles. The van der Waals surface area contributed by atoms with Crippen LogP contribution in [0.25, 0.3) is 22.4 Å². The molecule has 0 radical (unpaired) electrons. The van der Waals surface area contributed by atoms with E-state index in [-0.39, 0.29) is 0 Å². The van der Waals surface area contributed by atoms with E-state index in [2.05, 4.69) is 15.9 Å². The van der Waals surface area contributed by atoms with Gasteiger partial charge in [0, 0.05) is 29.1 Å². The lowest BCUT2D eigenvalue weighted by Gasteiger charge is -2.11. The first-order valence-electron chi connectivity index (χ1n) is 6.52. The Morgan fingerprint density at radius 2 is 1.76 bits per heavy atom. The van der Waals surface area contributed by atoms with Crippen molar-refractivity contribution in [3.05, 3.63) is 66.5 Å². The summed E-state index contributed by atoms with van der Waals surface area (Å²) < 4.78 is 0. The Morgan fingerprint density at radius 1 is 1.00 bits per heavy atom. The van der Waals surface area contributed by atoms with Gasteiger partial charge in [0.05, 0.1) is 11.3 Å². The first-order valence-corrected chi connectivity index (χ1v) is 6.52. The lowest BCUT2D eigenvalue weighted by Crippen LogP contribution is -1.99. The van der Waals surface area contributed by atoms with Crippen LogP contribution in [0.2, 0.25) is 0 Å². The van der Waals surface area contributed by atoms with Gasteiger partial charge in [-0.05, 0) is 12.1 Å². The molecule has 0 aliphatic carbocycles. The van der Waals surface area contributed by atoms with Crippen molar-refractivity contribution < 1.29 is 0 Å². The highest BCUT2D eigenvalue weighted by atomic mass is 14.8. The fraction of sp³-hybridized carbons (Fsp3) is 0. The van der Waals surface area contributed by atoms with E-state index < -0.39 is 0 Å². The van der Waals surface area contributed by atoms with E-state index in [0.29, 0.717) is 11.4 Å². The number of nitrogens with zero attached hydrogens (tertiary/aromatic N) is 2. The molecule has 0 saturated carbocycles. The summed E-state index contributed by atoms with van der Waals surface area (Å²) in [6, 6.07) is 15.6. The number of rotatable bonds is 2. The predicted octanol–water partition coefficient (Wildman–Crippen LogP) is 3.37. The van der Waals surface area contributed by atoms with E-state index >= 15 is 0 Å². The Kier molecular flexibility index (Phi) is 3.36. The second-order valence-corrected chi connectivity index (χ2v) is 4.57. The van der Waals surface area contributed by atoms with Gasteiger partial charge >= 0.3 is 0 Å². The minimum absolute atomic E-state index is 0.365. The van der Waals surface area contributed by atoms with Gasteiger partial charge in [-0.3, -0.25) is 4.98 Å². The van der Waals surface area contributed by atoms with Crippen LogP contribution in [0, 0.1) is 12.3 Å². The number of benzene rings is 1. The molecule has 21 heavy (non-hydrogen) atoms. The Morgan fingerprint density at radius 3 is 2.43 bits per heavy atom. The molecule has 3 rings (SSSR count). The highest BCUT2D eigenvalue weighted by molar-refractivity contribution is 5.83. The standard InChI is InChI=1S/C18H13N3/c1-2-13-11-16(15-9-6-10-20-12-15)17(21-18(13)19)14-7-4-3-5-8-14/h1,3-12H,(H2,19,21). The van der Waals surface area contributed by atoms with Gasteiger partial charge in [0.2, 0.25) is 0 Å². The van der Waals surface area contributed by atoms with E-state index in [9.17, 15) is 0 Å². The average Bonchev–Trinajstić information content (AvgIpc) is 2.56. The molecule has 0 unspecified atom stereocenters. The Balaban J connectivity index is 2.29. The molecule has 1 aromatic carbocycles. The van der Waals surface area contributed by atoms with Gasteiger partial charge < -0.3 is 5.73 Å². The maximum atomic E-state index is 5.95. The highest BCUT2D eigenvalue weighted by Gasteiger charge is 2.12. The maximum Gasteiger partial charge on any atom is 0.139 e. The number of pyridine rings is 2. The Labute approximate surface area is 123 Å². The number of anilines is 1. The van der Waals surface area contributed by atoms with Crippen molar-refractivity contribution in [3.8, 4) is 34.7 Å². The molecule has 3 aromatic rings. The number of aromatic nitrogens is 2. The van der Waals surface area contributed by atoms with Gasteiger partial charge in [-0.15, -0.1) is 6.42 Å². The minimum Gasteiger partial charge on any atom is -0.383 e. The van der Waals surface area contributed by atoms with Crippen molar-refractivity contribution in [3.63, 3.8) is 0 Å². The third kappa shape index (κ3) is 2.47. The van der Waals surface area contributed by atoms with E-state index in [1.54, 1.807) is 12.4 Å². The van der Waals surface area contributed by atoms with Crippen molar-refractivity contribution in [2.24, 2.45) is 0 Å². The molecular weight excluding hydrogens is 258 g/mol. The van der Waals surface area contributed by atoms with Crippen molar-refractivity contribution in [1.82, 2.24) is 9.97 Å². The summed E-state index contributed by atoms with van der Waals surface area (Å²) in [4.78, 5) is 8.66. The molecule has 2 N–H and O–H groups in total. The fourth-order valence-electron chi connectivity index (χ4n) is 2.20. The summed E-state index contributed by atoms with van der Waals surface area (Å²) in [6.45, 7) is 0. The van der Waals surface area contributed by atoms with E-state index in [1.165, 1.54) is 0 Å². The molecule has 0 spiro atoms. The lowest BCUT2D eigenvalue weighted by atomic mass is 9.99. The van der Waals surface area contributed by atoms with Crippen LogP contribution in [-0.2, 0) is 0 Å². The summed E-state index contributed by atoms with van der Waals surface area (Å²) >= 11 is 0. The minimum atomic E-state index is 0.365. The zero-order valence-electron chi connectivity index (χ0n) is 11.3. The van der Waals surface area contributed by atoms with E-state index in [1.807, 2.05) is 48.5 Å². The molecule has 3 nitrogen and oxygen atoms in total. The van der Waals surface area contributed by atoms with Crippen LogP contribution in [0.5, 0.6) is 0 Å². The van der Waals surface area contributed by atoms with Crippen LogP contribution in [0.15, 0.2) is 60.9 Å². The SMILES string of the molecule is C#Cc1cc(-c2cccnc2)c(-c2ccccc2)nc1N. The maximum absolute atomic E-state index is 5.95. The fourth-order valence-corrected chi connectivity index (χ4v) is 2.20. The molecule has 0 fully saturated rings. The third-order valence-electron chi connectivity index (χ3n) is 3.23. The Bertz CT molecular complexity index is 803. The molecule has 0 amide bonds. The average molecular weight is 271 g/mol. The quantitative estimate of drug-likeness (QED) is 0.727. The summed E-state index contributed by atoms with van der Waals surface area (Å²) in [5.41, 5.74) is 10.2. The molecule has 3 heteroatoms. The molecular formula is C18H13N3. The van der Waals surface area contributed by atoms with Gasteiger partial charge in [0.1, 0.15) is 5.82 Å². The third-order valence-corrected chi connectivity index (χ3v) is 3.23. The Hall–Kier alpha value is -3.12. The smallest absolute Gasteiger partial charge is 0.139 e. The van der Waals surface area contributed by atoms with Crippen LogP contribution in [0.1, 0.15) is 5.56 Å². The van der Waals surface area contributed by atoms with E-state index in [4.69, 9.17) is 12.2 Å². The molecule has 0 aliphatic rings. The van der Waals surface area contributed by atoms with Crippen molar-refractivity contribution in [2.75, 3.05) is 5.73 Å². The van der Waals surface area contributed by atoms with Gasteiger partial charge in [0.25, 0.3) is 0 Å². The largest absolute Gasteiger partial charge is 0.383 e. The van der Waals surface area contributed by atoms with Gasteiger partial charge in [0.15, 0.2) is 0 Å². The number of hydrogen-bond donors (Lipinski definition) is 1. The van der Waals surface area contributed by atoms with Gasteiger partial charge in [-0.2, -0.15) is 0 Å². The second kappa shape index (κ2) is 5.48. The van der Waals surface area contributed by atoms with Crippen LogP contribution >= 0.6 is 0 Å². The molecule has 0 saturated heterocycles. The number of nitrogen functional groups attached to an aromatic ring is 1. The number of hydrogen-bond acceptors (Lipinski definition) is 3. The second-order valence-electron chi connectivity index (χ2n) is 4.57. The van der Waals surface area contributed by atoms with E-state index in [0.717, 1.165) is 22.4 Å². The molecule has 0 bridgehead atoms. The number of nitrogens with two attached hydrogens (primary N) is 1. The summed E-state index contributed by atoms with van der Waals surface area (Å²) in [6.07, 6.45) is 9.03. The van der Waals surface area contributed by atoms with Crippen molar-refractivity contribution >= 4 is 5.82 Å².